The van der Waals surface area contributed by atoms with E-state index in [4.69, 9.17) is 0 Å². The van der Waals surface area contributed by atoms with E-state index in [1.807, 2.05) is 0 Å². The Morgan fingerprint density at radius 2 is 1.48 bits per heavy atom. The van der Waals surface area contributed by atoms with Crippen LogP contribution in [0.1, 0.15) is 19.3 Å². The maximum atomic E-state index is 11.4. The third-order valence-electron chi connectivity index (χ3n) is 2.13. The molecule has 5 nitrogen and oxygen atoms in total. The van der Waals surface area contributed by atoms with E-state index in [-0.39, 0.29) is 0 Å². The summed E-state index contributed by atoms with van der Waals surface area (Å²) in [6.07, 6.45) is -6.35. The van der Waals surface area contributed by atoms with Crippen LogP contribution in [0.15, 0.2) is 0 Å². The minimum absolute atomic E-state index is 0.919. The van der Waals surface area contributed by atoms with Gasteiger partial charge in [-0.1, -0.05) is 6.42 Å². The average Bonchev–Trinajstić information content (AvgIpc) is 2.39. The standard InChI is InChI=1S/C5H3F6NO3.C5H11N/c6-4(7,8)2(13)12-1-15-3(14)5(9,10)11;1-2-4-6-5-3-1/h1H2,(H,12,13);6H,1-5H2. The van der Waals surface area contributed by atoms with E-state index in [0.717, 1.165) is 5.32 Å². The largest absolute Gasteiger partial charge is 0.490 e. The number of hydrogen-bond acceptors (Lipinski definition) is 4. The van der Waals surface area contributed by atoms with E-state index in [1.54, 1.807) is 0 Å². The Labute approximate surface area is 116 Å². The first-order valence-electron chi connectivity index (χ1n) is 5.85. The molecule has 0 aromatic rings. The Balaban J connectivity index is 0.000000547. The Hall–Kier alpha value is -1.52. The molecule has 0 aromatic carbocycles. The molecule has 1 aliphatic rings. The second-order valence-corrected chi connectivity index (χ2v) is 3.89. The van der Waals surface area contributed by atoms with Crippen molar-refractivity contribution in [3.8, 4) is 0 Å². The number of nitrogens with one attached hydrogen (secondary N) is 2. The number of carbonyl (C=O) groups is 2. The lowest BCUT2D eigenvalue weighted by atomic mass is 10.2. The Morgan fingerprint density at radius 3 is 1.76 bits per heavy atom. The van der Waals surface area contributed by atoms with Gasteiger partial charge in [0.2, 0.25) is 0 Å². The number of halogens is 6. The van der Waals surface area contributed by atoms with Crippen molar-refractivity contribution in [3.63, 3.8) is 0 Å². The molecule has 1 aliphatic heterocycles. The maximum absolute atomic E-state index is 11.4. The van der Waals surface area contributed by atoms with Gasteiger partial charge < -0.3 is 15.4 Å². The van der Waals surface area contributed by atoms with Crippen molar-refractivity contribution >= 4 is 11.9 Å². The van der Waals surface area contributed by atoms with Crippen LogP contribution in [-0.4, -0.2) is 44.0 Å². The van der Waals surface area contributed by atoms with Gasteiger partial charge in [-0.05, 0) is 25.9 Å². The van der Waals surface area contributed by atoms with Gasteiger partial charge in [-0.25, -0.2) is 4.79 Å². The molecule has 124 valence electrons. The molecule has 1 rings (SSSR count). The molecule has 0 radical (unpaired) electrons. The fourth-order valence-electron chi connectivity index (χ4n) is 1.15. The average molecular weight is 324 g/mol. The quantitative estimate of drug-likeness (QED) is 0.459. The van der Waals surface area contributed by atoms with Gasteiger partial charge in [0.05, 0.1) is 0 Å². The third-order valence-corrected chi connectivity index (χ3v) is 2.13. The van der Waals surface area contributed by atoms with E-state index in [1.165, 1.54) is 32.4 Å². The summed E-state index contributed by atoms with van der Waals surface area (Å²) in [5.41, 5.74) is 0. The van der Waals surface area contributed by atoms with Gasteiger partial charge in [-0.3, -0.25) is 4.79 Å². The van der Waals surface area contributed by atoms with Gasteiger partial charge in [0.15, 0.2) is 6.73 Å². The molecule has 21 heavy (non-hydrogen) atoms. The predicted octanol–water partition coefficient (Wildman–Crippen LogP) is 1.49. The Bertz CT molecular complexity index is 301. The van der Waals surface area contributed by atoms with E-state index in [9.17, 15) is 35.9 Å². The lowest BCUT2D eigenvalue weighted by Crippen LogP contribution is -2.39. The molecule has 11 heteroatoms. The lowest BCUT2D eigenvalue weighted by Gasteiger charge is -2.09. The smallest absolute Gasteiger partial charge is 0.438 e. The summed E-state index contributed by atoms with van der Waals surface area (Å²) in [5, 5.41) is 4.20. The van der Waals surface area contributed by atoms with Crippen molar-refractivity contribution in [2.45, 2.75) is 31.6 Å². The molecule has 0 aromatic heterocycles. The van der Waals surface area contributed by atoms with Crippen molar-refractivity contribution in [1.29, 1.82) is 0 Å². The summed E-state index contributed by atoms with van der Waals surface area (Å²) < 4.78 is 71.8. The molecular formula is C10H14F6N2O3. The fourth-order valence-corrected chi connectivity index (χ4v) is 1.15. The number of alkyl halides is 6. The molecule has 0 saturated carbocycles. The van der Waals surface area contributed by atoms with Crippen LogP contribution in [-0.2, 0) is 14.3 Å². The highest BCUT2D eigenvalue weighted by atomic mass is 19.4. The molecule has 1 amide bonds. The van der Waals surface area contributed by atoms with Gasteiger partial charge in [0, 0.05) is 0 Å². The molecule has 1 fully saturated rings. The summed E-state index contributed by atoms with van der Waals surface area (Å²) in [7, 11) is 0. The highest BCUT2D eigenvalue weighted by Gasteiger charge is 2.42. The molecule has 0 aliphatic carbocycles. The van der Waals surface area contributed by atoms with E-state index in [2.05, 4.69) is 10.1 Å². The van der Waals surface area contributed by atoms with Crippen LogP contribution >= 0.6 is 0 Å². The molecule has 1 saturated heterocycles. The van der Waals surface area contributed by atoms with Crippen LogP contribution in [0.5, 0.6) is 0 Å². The SMILES string of the molecule is C1CCNCC1.O=C(NCOC(=O)C(F)(F)F)C(F)(F)F. The summed E-state index contributed by atoms with van der Waals surface area (Å²) in [5.74, 6) is -5.19. The fraction of sp³-hybridized carbons (Fsp3) is 0.800. The first-order chi connectivity index (χ1) is 9.55. The van der Waals surface area contributed by atoms with Crippen molar-refractivity contribution < 1.29 is 40.7 Å². The monoisotopic (exact) mass is 324 g/mol. The summed E-state index contributed by atoms with van der Waals surface area (Å²) >= 11 is 0. The van der Waals surface area contributed by atoms with Crippen molar-refractivity contribution in [1.82, 2.24) is 10.6 Å². The van der Waals surface area contributed by atoms with Crippen molar-refractivity contribution in [2.75, 3.05) is 19.8 Å². The van der Waals surface area contributed by atoms with E-state index < -0.39 is 31.0 Å². The summed E-state index contributed by atoms with van der Waals surface area (Å²) in [6.45, 7) is 0.997. The second-order valence-electron chi connectivity index (χ2n) is 3.89. The topological polar surface area (TPSA) is 67.4 Å². The molecule has 0 unspecified atom stereocenters. The Morgan fingerprint density at radius 1 is 0.952 bits per heavy atom. The van der Waals surface area contributed by atoms with Crippen LogP contribution in [0.3, 0.4) is 0 Å². The third kappa shape index (κ3) is 9.93. The van der Waals surface area contributed by atoms with Crippen molar-refractivity contribution in [2.24, 2.45) is 0 Å². The van der Waals surface area contributed by atoms with E-state index >= 15 is 0 Å². The normalized spacial score (nSPS) is 15.5. The van der Waals surface area contributed by atoms with Crippen LogP contribution < -0.4 is 10.6 Å². The van der Waals surface area contributed by atoms with Crippen LogP contribution in [0.4, 0.5) is 26.3 Å². The number of amides is 1. The number of ether oxygens (including phenoxy) is 1. The van der Waals surface area contributed by atoms with Gasteiger partial charge in [0.1, 0.15) is 0 Å². The highest BCUT2D eigenvalue weighted by molar-refractivity contribution is 5.82. The van der Waals surface area contributed by atoms with Gasteiger partial charge in [0.25, 0.3) is 0 Å². The molecule has 1 heterocycles. The van der Waals surface area contributed by atoms with Crippen LogP contribution in [0.25, 0.3) is 0 Å². The summed E-state index contributed by atoms with van der Waals surface area (Å²) in [6, 6.07) is 0. The minimum atomic E-state index is -5.32. The van der Waals surface area contributed by atoms with Crippen molar-refractivity contribution in [3.05, 3.63) is 0 Å². The van der Waals surface area contributed by atoms with E-state index in [0.29, 0.717) is 0 Å². The molecule has 0 atom stereocenters. The van der Waals surface area contributed by atoms with Crippen LogP contribution in [0.2, 0.25) is 0 Å². The zero-order chi connectivity index (χ0) is 16.5. The maximum Gasteiger partial charge on any atom is 0.490 e. The first-order valence-corrected chi connectivity index (χ1v) is 5.85. The second kappa shape index (κ2) is 8.70. The first kappa shape index (κ1) is 19.5. The molecule has 0 bridgehead atoms. The number of rotatable bonds is 2. The van der Waals surface area contributed by atoms with Gasteiger partial charge in [-0.15, -0.1) is 0 Å². The Kier molecular flexibility index (Phi) is 8.07. The van der Waals surface area contributed by atoms with Crippen LogP contribution in [0, 0.1) is 0 Å². The van der Waals surface area contributed by atoms with Gasteiger partial charge in [-0.2, -0.15) is 26.3 Å². The number of esters is 1. The number of piperidine rings is 1. The zero-order valence-corrected chi connectivity index (χ0v) is 10.7. The highest BCUT2D eigenvalue weighted by Crippen LogP contribution is 2.16. The number of carbonyl (C=O) groups excluding carboxylic acids is 2. The molecule has 0 spiro atoms. The lowest BCUT2D eigenvalue weighted by molar-refractivity contribution is -0.202. The number of hydrogen-bond donors (Lipinski definition) is 2. The predicted molar refractivity (Wildman–Crippen MR) is 57.9 cm³/mol. The summed E-state index contributed by atoms with van der Waals surface area (Å²) in [4.78, 5) is 19.9. The minimum Gasteiger partial charge on any atom is -0.438 e. The zero-order valence-electron chi connectivity index (χ0n) is 10.7. The molecule has 2 N–H and O–H groups in total. The van der Waals surface area contributed by atoms with Gasteiger partial charge >= 0.3 is 24.2 Å². The molecular weight excluding hydrogens is 310 g/mol.